The van der Waals surface area contributed by atoms with Crippen LogP contribution in [0.15, 0.2) is 146 Å². The van der Waals surface area contributed by atoms with E-state index in [0.29, 0.717) is 50.6 Å². The van der Waals surface area contributed by atoms with Crippen LogP contribution in [-0.4, -0.2) is 69.7 Å². The maximum atomic E-state index is 13.6. The fourth-order valence-electron chi connectivity index (χ4n) is 9.89. The van der Waals surface area contributed by atoms with E-state index in [1.807, 2.05) is 36.4 Å². The summed E-state index contributed by atoms with van der Waals surface area (Å²) in [5.74, 6) is -3.31. The number of hydrogen-bond donors (Lipinski definition) is 0. The molecule has 1 radical (unpaired) electrons. The molecule has 12 rings (SSSR count). The molecule has 0 spiro atoms. The largest absolute Gasteiger partial charge is 0.495 e. The molecule has 6 heterocycles. The van der Waals surface area contributed by atoms with Gasteiger partial charge in [0, 0.05) is 38.3 Å². The van der Waals surface area contributed by atoms with Crippen LogP contribution < -0.4 is 13.7 Å². The van der Waals surface area contributed by atoms with Gasteiger partial charge in [-0.25, -0.2) is 15.0 Å². The topological polar surface area (TPSA) is 98.2 Å². The Labute approximate surface area is 533 Å². The second-order valence-corrected chi connectivity index (χ2v) is 24.4. The Morgan fingerprint density at radius 3 is 1.09 bits per heavy atom. The number of fused-ring (bicyclic) bond motifs is 3. The minimum Gasteiger partial charge on any atom is -0.348 e. The number of imidazole rings is 1. The van der Waals surface area contributed by atoms with Crippen LogP contribution in [0.2, 0.25) is 0 Å². The van der Waals surface area contributed by atoms with Crippen molar-refractivity contribution in [2.45, 2.75) is 97.1 Å². The van der Waals surface area contributed by atoms with Gasteiger partial charge in [-0.05, 0) is 21.8 Å². The van der Waals surface area contributed by atoms with E-state index in [-0.39, 0.29) is 70.7 Å². The van der Waals surface area contributed by atoms with Gasteiger partial charge in [0.15, 0.2) is 37.5 Å². The molecule has 10 aromatic rings. The molecule has 2 aliphatic rings. The Balaban J connectivity index is 0.000000161. The van der Waals surface area contributed by atoms with Crippen LogP contribution in [-0.2, 0) is 61.9 Å². The van der Waals surface area contributed by atoms with Crippen molar-refractivity contribution in [3.8, 4) is 39.5 Å². The summed E-state index contributed by atoms with van der Waals surface area (Å²) in [5, 5.41) is 0. The molecule has 12 nitrogen and oxygen atoms in total. The molecule has 0 saturated carbocycles. The number of rotatable bonds is 6. The van der Waals surface area contributed by atoms with Crippen LogP contribution in [0.4, 0.5) is 73.9 Å². The summed E-state index contributed by atoms with van der Waals surface area (Å²) < 4.78 is 132. The summed E-state index contributed by atoms with van der Waals surface area (Å²) in [4.78, 5) is 23.2. The molecule has 467 valence electrons. The molecule has 0 bridgehead atoms. The third-order valence-electron chi connectivity index (χ3n) is 14.6. The van der Waals surface area contributed by atoms with Crippen molar-refractivity contribution in [1.29, 1.82) is 0 Å². The molecule has 0 aliphatic carbocycles. The zero-order chi connectivity index (χ0) is 65.0. The Morgan fingerprint density at radius 1 is 0.418 bits per heavy atom. The second-order valence-electron chi connectivity index (χ2n) is 24.4. The summed E-state index contributed by atoms with van der Waals surface area (Å²) in [6.07, 6.45) is -11.0. The van der Waals surface area contributed by atoms with Gasteiger partial charge in [0.25, 0.3) is 5.82 Å². The van der Waals surface area contributed by atoms with Crippen molar-refractivity contribution < 1.29 is 73.3 Å². The van der Waals surface area contributed by atoms with Gasteiger partial charge < -0.3 is 9.13 Å². The Kier molecular flexibility index (Phi) is 18.1. The minimum absolute atomic E-state index is 0. The number of alkyl halides is 9. The zero-order valence-corrected chi connectivity index (χ0v) is 53.9. The van der Waals surface area contributed by atoms with Crippen LogP contribution in [0.5, 0.6) is 0 Å². The van der Waals surface area contributed by atoms with Gasteiger partial charge in [0.1, 0.15) is 11.4 Å². The summed E-state index contributed by atoms with van der Waals surface area (Å²) in [6, 6.07) is 58.6. The fraction of sp³-hybridized carbons (Fsp3) is 0.261. The second kappa shape index (κ2) is 24.9. The van der Waals surface area contributed by atoms with E-state index in [1.165, 1.54) is 13.7 Å². The number of hydrogen-bond acceptors (Lipinski definition) is 6. The number of benzene rings is 6. The van der Waals surface area contributed by atoms with Crippen LogP contribution in [0.25, 0.3) is 50.6 Å². The Hall–Kier alpha value is -9.19. The van der Waals surface area contributed by atoms with E-state index in [1.54, 1.807) is 144 Å². The molecular weight excluding hydrogens is 1360 g/mol. The molecule has 0 atom stereocenters. The maximum absolute atomic E-state index is 13.6. The number of nitrogens with zero attached hydrogens (tertiary/aromatic N) is 12. The van der Waals surface area contributed by atoms with Gasteiger partial charge in [-0.2, -0.15) is 104 Å². The van der Waals surface area contributed by atoms with E-state index in [0.717, 1.165) is 16.7 Å². The third kappa shape index (κ3) is 14.1. The molecule has 0 fully saturated rings. The predicted molar refractivity (Wildman–Crippen MR) is 324 cm³/mol. The van der Waals surface area contributed by atoms with Crippen LogP contribution in [0.3, 0.4) is 0 Å². The molecular formula is C69H60F9IrN12+. The number of halogens is 9. The first-order valence-corrected chi connectivity index (χ1v) is 28.3. The fourth-order valence-corrected chi connectivity index (χ4v) is 9.89. The molecule has 4 aromatic heterocycles. The predicted octanol–water partition coefficient (Wildman–Crippen LogP) is 15.9. The smallest absolute Gasteiger partial charge is 0.348 e. The van der Waals surface area contributed by atoms with Crippen molar-refractivity contribution in [1.82, 2.24) is 43.6 Å². The van der Waals surface area contributed by atoms with Gasteiger partial charge in [0.05, 0.1) is 11.2 Å². The zero-order valence-electron chi connectivity index (χ0n) is 51.5. The average Bonchev–Trinajstić information content (AvgIpc) is 1.66. The minimum atomic E-state index is -4.68. The van der Waals surface area contributed by atoms with E-state index < -0.39 is 36.0 Å². The summed E-state index contributed by atoms with van der Waals surface area (Å²) in [5.41, 5.74) is 8.26. The molecule has 91 heavy (non-hydrogen) atoms. The monoisotopic (exact) mass is 1420 g/mol. The third-order valence-corrected chi connectivity index (χ3v) is 14.6. The average molecular weight is 1420 g/mol. The van der Waals surface area contributed by atoms with Crippen molar-refractivity contribution >= 4 is 57.6 Å². The summed E-state index contributed by atoms with van der Waals surface area (Å²) >= 11 is 0. The standard InChI is InChI=1S/3C23H20F3N4.Ir/c3*1-22(2,3)16-11-8-12-17(13-16)30-14-29(4)19-18(15-9-6-5-7-10-15)27-21(23(24,25)26)28-20(19)30;/h3*5-11,13H,1-4H3;/q-1;2*+1;. The van der Waals surface area contributed by atoms with E-state index in [9.17, 15) is 39.5 Å². The molecule has 0 amide bonds. The van der Waals surface area contributed by atoms with Crippen LogP contribution in [0.1, 0.15) is 96.5 Å². The number of aromatic nitrogens is 8. The van der Waals surface area contributed by atoms with Gasteiger partial charge in [0.2, 0.25) is 11.6 Å². The van der Waals surface area contributed by atoms with Crippen molar-refractivity contribution in [2.24, 2.45) is 7.05 Å². The molecule has 6 aromatic carbocycles. The van der Waals surface area contributed by atoms with Gasteiger partial charge in [-0.1, -0.05) is 189 Å². The van der Waals surface area contributed by atoms with Crippen molar-refractivity contribution in [3.05, 3.63) is 204 Å². The van der Waals surface area contributed by atoms with Crippen molar-refractivity contribution in [3.63, 3.8) is 0 Å². The number of aryl methyl sites for hydroxylation is 1. The SMILES string of the molecule is C[N+]1=C=[N+](c2[c-]ccc(C(C)(C)C)c2)c2nc(C(F)(F)F)nc(-c3ccccc3)c21.C[N+]1=C=[N+](c2[c-]ccc(C(C)(C)C)c2)c2nc(C(F)(F)F)nc(-c3ccccc3)c21.Cn1[c-][n+](-c2[c-]ccc(C(C)(C)C)c2)c2nc(C(F)(F)F)nc(-c3ccccc3)c21.[Ir]. The Bertz CT molecular complexity index is 4350. The first-order valence-electron chi connectivity index (χ1n) is 28.3. The maximum Gasteiger partial charge on any atom is 0.495 e. The molecule has 0 N–H and O–H groups in total. The van der Waals surface area contributed by atoms with Crippen LogP contribution in [0, 0.1) is 24.5 Å². The first-order chi connectivity index (χ1) is 42.2. The molecule has 2 aliphatic heterocycles. The quantitative estimate of drug-likeness (QED) is 0.0934. The van der Waals surface area contributed by atoms with Gasteiger partial charge >= 0.3 is 53.6 Å². The first kappa shape index (κ1) is 66.2. The Morgan fingerprint density at radius 2 is 0.736 bits per heavy atom. The molecule has 22 heteroatoms. The van der Waals surface area contributed by atoms with Gasteiger partial charge in [-0.15, -0.1) is 28.2 Å². The van der Waals surface area contributed by atoms with Crippen molar-refractivity contribution in [2.75, 3.05) is 14.1 Å². The normalized spacial score (nSPS) is 13.2. The summed E-state index contributed by atoms with van der Waals surface area (Å²) in [7, 11) is 5.15. The van der Waals surface area contributed by atoms with Crippen LogP contribution >= 0.6 is 0 Å². The van der Waals surface area contributed by atoms with E-state index in [2.05, 4.69) is 129 Å². The van der Waals surface area contributed by atoms with E-state index >= 15 is 0 Å². The summed E-state index contributed by atoms with van der Waals surface area (Å²) in [6.45, 7) is 18.6. The van der Waals surface area contributed by atoms with Gasteiger partial charge in [-0.3, -0.25) is 0 Å². The molecule has 0 saturated heterocycles. The van der Waals surface area contributed by atoms with E-state index in [4.69, 9.17) is 0 Å². The molecule has 0 unspecified atom stereocenters.